The van der Waals surface area contributed by atoms with Crippen LogP contribution in [0.2, 0.25) is 0 Å². The predicted molar refractivity (Wildman–Crippen MR) is 96.7 cm³/mol. The Kier molecular flexibility index (Phi) is 5.55. The van der Waals surface area contributed by atoms with E-state index >= 15 is 0 Å². The summed E-state index contributed by atoms with van der Waals surface area (Å²) in [6, 6.07) is 11.4. The van der Waals surface area contributed by atoms with Crippen molar-refractivity contribution in [1.82, 2.24) is 0 Å². The van der Waals surface area contributed by atoms with Crippen molar-refractivity contribution < 1.29 is 9.59 Å². The molecule has 0 saturated carbocycles. The maximum atomic E-state index is 12.0. The molecule has 0 radical (unpaired) electrons. The summed E-state index contributed by atoms with van der Waals surface area (Å²) < 4.78 is 0.792. The lowest BCUT2D eigenvalue weighted by Crippen LogP contribution is -2.22. The van der Waals surface area contributed by atoms with Crippen molar-refractivity contribution in [2.24, 2.45) is 0 Å². The van der Waals surface area contributed by atoms with Crippen molar-refractivity contribution in [3.05, 3.63) is 57.6 Å². The third-order valence-corrected chi connectivity index (χ3v) is 4.03. The minimum Gasteiger partial charge on any atom is -0.325 e. The molecule has 0 aliphatic rings. The first-order chi connectivity index (χ1) is 10.8. The largest absolute Gasteiger partial charge is 0.325 e. The van der Waals surface area contributed by atoms with Crippen LogP contribution >= 0.6 is 15.9 Å². The van der Waals surface area contributed by atoms with Gasteiger partial charge in [-0.15, -0.1) is 0 Å². The molecule has 2 aromatic carbocycles. The van der Waals surface area contributed by atoms with Gasteiger partial charge in [-0.25, -0.2) is 0 Å². The smallest absolute Gasteiger partial charge is 0.233 e. The summed E-state index contributed by atoms with van der Waals surface area (Å²) in [5.41, 5.74) is 4.56. The molecule has 2 amide bonds. The number of benzene rings is 2. The van der Waals surface area contributed by atoms with Crippen LogP contribution in [0.1, 0.15) is 23.1 Å². The molecule has 0 fully saturated rings. The number of carbonyl (C=O) groups is 2. The molecule has 2 N–H and O–H groups in total. The van der Waals surface area contributed by atoms with Gasteiger partial charge in [0.15, 0.2) is 0 Å². The highest BCUT2D eigenvalue weighted by molar-refractivity contribution is 9.10. The molecule has 0 spiro atoms. The van der Waals surface area contributed by atoms with Gasteiger partial charge < -0.3 is 10.6 Å². The summed E-state index contributed by atoms with van der Waals surface area (Å²) in [7, 11) is 0. The van der Waals surface area contributed by atoms with Crippen LogP contribution in [0.25, 0.3) is 0 Å². The van der Waals surface area contributed by atoms with Crippen molar-refractivity contribution in [2.75, 3.05) is 10.6 Å². The minimum atomic E-state index is -0.350. The van der Waals surface area contributed by atoms with Crippen LogP contribution < -0.4 is 10.6 Å². The standard InChI is InChI=1S/C18H19BrN2O2/c1-11-4-6-15(13(3)8-11)20-17(22)10-18(23)21-16-7-5-12(2)9-14(16)19/h4-9H,10H2,1-3H3,(H,20,22)(H,21,23). The third kappa shape index (κ3) is 4.93. The quantitative estimate of drug-likeness (QED) is 0.781. The van der Waals surface area contributed by atoms with Crippen LogP contribution in [0.5, 0.6) is 0 Å². The van der Waals surface area contributed by atoms with E-state index in [2.05, 4.69) is 26.6 Å². The highest BCUT2D eigenvalue weighted by atomic mass is 79.9. The lowest BCUT2D eigenvalue weighted by atomic mass is 10.1. The molecule has 0 aliphatic carbocycles. The van der Waals surface area contributed by atoms with E-state index < -0.39 is 0 Å². The second-order valence-corrected chi connectivity index (χ2v) is 6.43. The van der Waals surface area contributed by atoms with E-state index in [0.717, 1.165) is 26.9 Å². The summed E-state index contributed by atoms with van der Waals surface area (Å²) in [5, 5.41) is 5.50. The Labute approximate surface area is 144 Å². The van der Waals surface area contributed by atoms with Crippen LogP contribution in [0.3, 0.4) is 0 Å². The van der Waals surface area contributed by atoms with E-state index in [1.807, 2.05) is 51.1 Å². The number of amides is 2. The number of aryl methyl sites for hydroxylation is 3. The summed E-state index contributed by atoms with van der Waals surface area (Å²) in [4.78, 5) is 24.0. The van der Waals surface area contributed by atoms with Crippen molar-refractivity contribution in [3.8, 4) is 0 Å². The van der Waals surface area contributed by atoms with Crippen molar-refractivity contribution in [3.63, 3.8) is 0 Å². The molecule has 0 heterocycles. The molecule has 0 atom stereocenters. The molecule has 0 saturated heterocycles. The van der Waals surface area contributed by atoms with Crippen LogP contribution in [-0.4, -0.2) is 11.8 Å². The average Bonchev–Trinajstić information content (AvgIpc) is 2.45. The fourth-order valence-corrected chi connectivity index (χ4v) is 2.80. The van der Waals surface area contributed by atoms with E-state index in [0.29, 0.717) is 5.69 Å². The molecular weight excluding hydrogens is 356 g/mol. The molecule has 0 aromatic heterocycles. The first kappa shape index (κ1) is 17.2. The highest BCUT2D eigenvalue weighted by Crippen LogP contribution is 2.23. The summed E-state index contributed by atoms with van der Waals surface area (Å²) >= 11 is 3.40. The fourth-order valence-electron chi connectivity index (χ4n) is 2.21. The second kappa shape index (κ2) is 7.42. The van der Waals surface area contributed by atoms with Gasteiger partial charge in [-0.1, -0.05) is 23.8 Å². The SMILES string of the molecule is Cc1ccc(NC(=O)CC(=O)Nc2ccc(C)cc2Br)c(C)c1. The van der Waals surface area contributed by atoms with Crippen LogP contribution in [0.15, 0.2) is 40.9 Å². The normalized spacial score (nSPS) is 10.3. The molecule has 2 rings (SSSR count). The van der Waals surface area contributed by atoms with Gasteiger partial charge in [0, 0.05) is 10.2 Å². The molecule has 23 heavy (non-hydrogen) atoms. The van der Waals surface area contributed by atoms with Crippen molar-refractivity contribution in [1.29, 1.82) is 0 Å². The van der Waals surface area contributed by atoms with Gasteiger partial charge in [-0.3, -0.25) is 9.59 Å². The van der Waals surface area contributed by atoms with Gasteiger partial charge in [0.25, 0.3) is 0 Å². The van der Waals surface area contributed by atoms with Gasteiger partial charge >= 0.3 is 0 Å². The van der Waals surface area contributed by atoms with E-state index in [4.69, 9.17) is 0 Å². The lowest BCUT2D eigenvalue weighted by molar-refractivity contribution is -0.123. The Morgan fingerprint density at radius 1 is 0.870 bits per heavy atom. The number of hydrogen-bond donors (Lipinski definition) is 2. The Morgan fingerprint density at radius 2 is 1.39 bits per heavy atom. The van der Waals surface area contributed by atoms with Crippen LogP contribution in [0.4, 0.5) is 11.4 Å². The van der Waals surface area contributed by atoms with Gasteiger partial charge in [0.1, 0.15) is 6.42 Å². The Hall–Kier alpha value is -2.14. The average molecular weight is 375 g/mol. The monoisotopic (exact) mass is 374 g/mol. The van der Waals surface area contributed by atoms with Gasteiger partial charge in [-0.05, 0) is 66.0 Å². The summed E-state index contributed by atoms with van der Waals surface area (Å²) in [6.07, 6.45) is -0.229. The molecule has 0 aliphatic heterocycles. The van der Waals surface area contributed by atoms with E-state index in [9.17, 15) is 9.59 Å². The number of nitrogens with one attached hydrogen (secondary N) is 2. The fraction of sp³-hybridized carbons (Fsp3) is 0.222. The molecule has 120 valence electrons. The van der Waals surface area contributed by atoms with Crippen LogP contribution in [0, 0.1) is 20.8 Å². The minimum absolute atomic E-state index is 0.229. The van der Waals surface area contributed by atoms with Gasteiger partial charge in [0.2, 0.25) is 11.8 Å². The van der Waals surface area contributed by atoms with Crippen LogP contribution in [-0.2, 0) is 9.59 Å². The maximum absolute atomic E-state index is 12.0. The Bertz CT molecular complexity index is 693. The number of anilines is 2. The number of rotatable bonds is 4. The zero-order valence-corrected chi connectivity index (χ0v) is 15.0. The zero-order chi connectivity index (χ0) is 17.0. The number of carbonyl (C=O) groups excluding carboxylic acids is 2. The number of hydrogen-bond acceptors (Lipinski definition) is 2. The highest BCUT2D eigenvalue weighted by Gasteiger charge is 2.12. The first-order valence-corrected chi connectivity index (χ1v) is 8.07. The second-order valence-electron chi connectivity index (χ2n) is 5.57. The molecule has 0 unspecified atom stereocenters. The van der Waals surface area contributed by atoms with E-state index in [1.54, 1.807) is 6.07 Å². The Balaban J connectivity index is 1.95. The Morgan fingerprint density at radius 3 is 1.96 bits per heavy atom. The van der Waals surface area contributed by atoms with Crippen molar-refractivity contribution in [2.45, 2.75) is 27.2 Å². The first-order valence-electron chi connectivity index (χ1n) is 7.28. The molecule has 2 aromatic rings. The zero-order valence-electron chi connectivity index (χ0n) is 13.4. The summed E-state index contributed by atoms with van der Waals surface area (Å²) in [5.74, 6) is -0.686. The summed E-state index contributed by atoms with van der Waals surface area (Å²) in [6.45, 7) is 5.88. The lowest BCUT2D eigenvalue weighted by Gasteiger charge is -2.10. The van der Waals surface area contributed by atoms with Crippen molar-refractivity contribution >= 4 is 39.1 Å². The maximum Gasteiger partial charge on any atom is 0.233 e. The third-order valence-electron chi connectivity index (χ3n) is 3.38. The molecule has 5 heteroatoms. The molecule has 4 nitrogen and oxygen atoms in total. The van der Waals surface area contributed by atoms with E-state index in [-0.39, 0.29) is 18.2 Å². The van der Waals surface area contributed by atoms with Gasteiger partial charge in [-0.2, -0.15) is 0 Å². The molecule has 0 bridgehead atoms. The number of halogens is 1. The van der Waals surface area contributed by atoms with Gasteiger partial charge in [0.05, 0.1) is 5.69 Å². The van der Waals surface area contributed by atoms with E-state index in [1.165, 1.54) is 0 Å². The molecular formula is C18H19BrN2O2. The predicted octanol–water partition coefficient (Wildman–Crippen LogP) is 4.34. The topological polar surface area (TPSA) is 58.2 Å².